The Morgan fingerprint density at radius 2 is 1.80 bits per heavy atom. The van der Waals surface area contributed by atoms with Crippen LogP contribution in [0.3, 0.4) is 0 Å². The molecule has 1 heterocycles. The third-order valence-corrected chi connectivity index (χ3v) is 7.46. The summed E-state index contributed by atoms with van der Waals surface area (Å²) in [5.41, 5.74) is 24.1. The van der Waals surface area contributed by atoms with Gasteiger partial charge in [-0.05, 0) is 116 Å². The Labute approximate surface area is 219 Å². The van der Waals surface area contributed by atoms with Gasteiger partial charge in [-0.1, -0.05) is 15.9 Å². The van der Waals surface area contributed by atoms with Crippen molar-refractivity contribution in [2.75, 3.05) is 43.0 Å². The van der Waals surface area contributed by atoms with Gasteiger partial charge < -0.3 is 27.4 Å². The van der Waals surface area contributed by atoms with E-state index < -0.39 is 0 Å². The van der Waals surface area contributed by atoms with Crippen molar-refractivity contribution < 1.29 is 0 Å². The molecular weight excluding hydrogens is 522 g/mol. The first-order chi connectivity index (χ1) is 16.9. The van der Waals surface area contributed by atoms with E-state index in [-0.39, 0.29) is 5.96 Å². The van der Waals surface area contributed by atoms with Gasteiger partial charge in [-0.2, -0.15) is 0 Å². The Morgan fingerprint density at radius 3 is 2.51 bits per heavy atom. The zero-order chi connectivity index (χ0) is 24.8. The number of aliphatic imine (C=N–C) groups is 1. The maximum absolute atomic E-state index is 6.36. The molecule has 7 nitrogen and oxygen atoms in total. The second-order valence-corrected chi connectivity index (χ2v) is 10.5. The number of nitrogen functional groups attached to an aromatic ring is 2. The van der Waals surface area contributed by atoms with Crippen molar-refractivity contribution in [2.45, 2.75) is 24.7 Å². The van der Waals surface area contributed by atoms with E-state index in [1.807, 2.05) is 49.4 Å². The second kappa shape index (κ2) is 11.8. The van der Waals surface area contributed by atoms with Gasteiger partial charge in [0.2, 0.25) is 0 Å². The maximum Gasteiger partial charge on any atom is 0.198 e. The Morgan fingerprint density at radius 1 is 1.06 bits per heavy atom. The molecule has 1 aliphatic rings. The smallest absolute Gasteiger partial charge is 0.198 e. The van der Waals surface area contributed by atoms with Crippen LogP contribution in [0.1, 0.15) is 18.4 Å². The van der Waals surface area contributed by atoms with E-state index in [0.29, 0.717) is 17.1 Å². The number of guanidine groups is 1. The zero-order valence-corrected chi connectivity index (χ0v) is 22.3. The fourth-order valence-electron chi connectivity index (χ4n) is 4.13. The summed E-state index contributed by atoms with van der Waals surface area (Å²) in [7, 11) is 0. The van der Waals surface area contributed by atoms with Crippen LogP contribution in [0.25, 0.3) is 11.1 Å². The van der Waals surface area contributed by atoms with Crippen LogP contribution in [0.5, 0.6) is 0 Å². The van der Waals surface area contributed by atoms with Crippen LogP contribution in [0.15, 0.2) is 69.0 Å². The number of rotatable bonds is 8. The van der Waals surface area contributed by atoms with Gasteiger partial charge in [-0.25, -0.2) is 4.99 Å². The minimum Gasteiger partial charge on any atom is -0.399 e. The van der Waals surface area contributed by atoms with Crippen molar-refractivity contribution in [3.63, 3.8) is 0 Å². The molecule has 0 saturated carbocycles. The number of likely N-dealkylation sites (tertiary alicyclic amines) is 1. The number of benzene rings is 3. The van der Waals surface area contributed by atoms with Gasteiger partial charge in [0.15, 0.2) is 5.96 Å². The predicted octanol–water partition coefficient (Wildman–Crippen LogP) is 5.34. The summed E-state index contributed by atoms with van der Waals surface area (Å²) in [4.78, 5) is 8.20. The first-order valence-corrected chi connectivity index (χ1v) is 13.3. The molecule has 3 aromatic carbocycles. The molecule has 1 saturated heterocycles. The van der Waals surface area contributed by atoms with Crippen LogP contribution in [-0.2, 0) is 0 Å². The van der Waals surface area contributed by atoms with Gasteiger partial charge >= 0.3 is 0 Å². The number of nitrogens with zero attached hydrogens (tertiary/aromatic N) is 2. The molecule has 9 heteroatoms. The molecule has 184 valence electrons. The third kappa shape index (κ3) is 6.91. The van der Waals surface area contributed by atoms with Crippen molar-refractivity contribution >= 4 is 56.6 Å². The molecule has 8 N–H and O–H groups in total. The monoisotopic (exact) mass is 553 g/mol. The minimum absolute atomic E-state index is 0.279. The van der Waals surface area contributed by atoms with Gasteiger partial charge in [0.25, 0.3) is 0 Å². The number of nitrogens with two attached hydrogens (primary N) is 3. The van der Waals surface area contributed by atoms with Crippen molar-refractivity contribution in [1.82, 2.24) is 9.62 Å². The Hall–Kier alpha value is -2.72. The highest BCUT2D eigenvalue weighted by atomic mass is 79.9. The van der Waals surface area contributed by atoms with E-state index in [9.17, 15) is 0 Å². The quantitative estimate of drug-likeness (QED) is 0.0839. The van der Waals surface area contributed by atoms with E-state index in [0.717, 1.165) is 44.8 Å². The van der Waals surface area contributed by atoms with Crippen molar-refractivity contribution in [1.29, 1.82) is 0 Å². The van der Waals surface area contributed by atoms with Crippen LogP contribution < -0.4 is 27.2 Å². The number of aryl methyl sites for hydroxylation is 1. The average Bonchev–Trinajstić information content (AvgIpc) is 3.35. The van der Waals surface area contributed by atoms with Crippen LogP contribution >= 0.6 is 27.9 Å². The number of hydrogen-bond acceptors (Lipinski definition) is 6. The highest BCUT2D eigenvalue weighted by molar-refractivity contribution is 9.10. The standard InChI is InChI=1S/C26H32BrN7S/c1-17-14-18(22-16-19(28)4-9-23(22)27)15-24(29)25(17)33-26(30)32-20-5-7-21(8-6-20)35-31-10-13-34-11-2-3-12-34/h4-9,14-16,31H,2-3,10-13,28-29H2,1H3,(H3,30,32,33). The van der Waals surface area contributed by atoms with Crippen LogP contribution in [0.4, 0.5) is 22.7 Å². The Balaban J connectivity index is 1.37. The number of anilines is 3. The SMILES string of the molecule is Cc1cc(-c2cc(N)ccc2Br)cc(N)c1N=C(N)Nc1ccc(SNCCN2CCCC2)cc1. The predicted molar refractivity (Wildman–Crippen MR) is 154 cm³/mol. The van der Waals surface area contributed by atoms with Crippen molar-refractivity contribution in [3.05, 3.63) is 64.6 Å². The minimum atomic E-state index is 0.279. The summed E-state index contributed by atoms with van der Waals surface area (Å²) >= 11 is 5.23. The van der Waals surface area contributed by atoms with Crippen LogP contribution in [0.2, 0.25) is 0 Å². The largest absolute Gasteiger partial charge is 0.399 e. The normalized spacial score (nSPS) is 14.4. The van der Waals surface area contributed by atoms with E-state index in [2.05, 4.69) is 48.0 Å². The first-order valence-electron chi connectivity index (χ1n) is 11.7. The summed E-state index contributed by atoms with van der Waals surface area (Å²) in [6, 6.07) is 17.7. The molecule has 1 fully saturated rings. The molecule has 35 heavy (non-hydrogen) atoms. The molecule has 3 aromatic rings. The molecule has 0 amide bonds. The van der Waals surface area contributed by atoms with E-state index in [4.69, 9.17) is 17.2 Å². The van der Waals surface area contributed by atoms with Gasteiger partial charge in [0.1, 0.15) is 0 Å². The van der Waals surface area contributed by atoms with E-state index in [1.165, 1.54) is 25.9 Å². The summed E-state index contributed by atoms with van der Waals surface area (Å²) in [6.45, 7) is 6.49. The lowest BCUT2D eigenvalue weighted by atomic mass is 10.0. The second-order valence-electron chi connectivity index (χ2n) is 8.66. The molecular formula is C26H32BrN7S. The molecule has 4 rings (SSSR count). The Kier molecular flexibility index (Phi) is 8.56. The highest BCUT2D eigenvalue weighted by Crippen LogP contribution is 2.36. The lowest BCUT2D eigenvalue weighted by molar-refractivity contribution is 0.345. The molecule has 0 unspecified atom stereocenters. The highest BCUT2D eigenvalue weighted by Gasteiger charge is 2.11. The van der Waals surface area contributed by atoms with Gasteiger partial charge in [-0.3, -0.25) is 4.72 Å². The third-order valence-electron chi connectivity index (χ3n) is 5.91. The molecule has 1 aliphatic heterocycles. The van der Waals surface area contributed by atoms with E-state index in [1.54, 1.807) is 11.9 Å². The van der Waals surface area contributed by atoms with Gasteiger partial charge in [-0.15, -0.1) is 0 Å². The van der Waals surface area contributed by atoms with Gasteiger partial charge in [0.05, 0.1) is 11.4 Å². The lowest BCUT2D eigenvalue weighted by Gasteiger charge is -2.14. The molecule has 0 aromatic heterocycles. The summed E-state index contributed by atoms with van der Waals surface area (Å²) in [5.74, 6) is 0.279. The Bertz CT molecular complexity index is 1170. The number of nitrogens with one attached hydrogen (secondary N) is 2. The molecule has 0 atom stereocenters. The fourth-order valence-corrected chi connectivity index (χ4v) is 5.23. The average molecular weight is 555 g/mol. The maximum atomic E-state index is 6.36. The molecule has 0 radical (unpaired) electrons. The van der Waals surface area contributed by atoms with E-state index >= 15 is 0 Å². The zero-order valence-electron chi connectivity index (χ0n) is 19.9. The summed E-state index contributed by atoms with van der Waals surface area (Å²) in [5, 5.41) is 3.15. The molecule has 0 aliphatic carbocycles. The molecule has 0 spiro atoms. The lowest BCUT2D eigenvalue weighted by Crippen LogP contribution is -2.27. The number of hydrogen-bond donors (Lipinski definition) is 5. The summed E-state index contributed by atoms with van der Waals surface area (Å²) < 4.78 is 4.39. The number of halogens is 1. The van der Waals surface area contributed by atoms with Crippen LogP contribution in [-0.4, -0.2) is 37.0 Å². The first kappa shape index (κ1) is 25.4. The topological polar surface area (TPSA) is 118 Å². The van der Waals surface area contributed by atoms with Crippen molar-refractivity contribution in [3.8, 4) is 11.1 Å². The fraction of sp³-hybridized carbons (Fsp3) is 0.269. The van der Waals surface area contributed by atoms with Crippen LogP contribution in [0, 0.1) is 6.92 Å². The van der Waals surface area contributed by atoms with Crippen molar-refractivity contribution in [2.24, 2.45) is 10.7 Å². The van der Waals surface area contributed by atoms with Gasteiger partial charge in [0, 0.05) is 33.8 Å². The molecule has 0 bridgehead atoms. The summed E-state index contributed by atoms with van der Waals surface area (Å²) in [6.07, 6.45) is 2.65.